The van der Waals surface area contributed by atoms with Crippen LogP contribution in [-0.4, -0.2) is 38.1 Å². The second-order valence-electron chi connectivity index (χ2n) is 6.50. The van der Waals surface area contributed by atoms with Crippen LogP contribution in [0.1, 0.15) is 12.7 Å². The van der Waals surface area contributed by atoms with Crippen LogP contribution in [0, 0.1) is 11.7 Å². The number of anilines is 1. The van der Waals surface area contributed by atoms with Gasteiger partial charge in [0.25, 0.3) is 0 Å². The molecule has 3 rings (SSSR count). The van der Waals surface area contributed by atoms with Crippen molar-refractivity contribution in [2.45, 2.75) is 26.5 Å². The van der Waals surface area contributed by atoms with E-state index in [2.05, 4.69) is 26.3 Å². The smallest absolute Gasteiger partial charge is 0.221 e. The van der Waals surface area contributed by atoms with E-state index in [1.54, 1.807) is 15.3 Å². The maximum absolute atomic E-state index is 11.3. The molecule has 0 spiro atoms. The Morgan fingerprint density at radius 2 is 2.03 bits per heavy atom. The molecule has 3 aromatic rings. The Kier molecular flexibility index (Phi) is 6.83. The number of hydrogen-bond donors (Lipinski definition) is 2. The lowest BCUT2D eigenvalue weighted by molar-refractivity contribution is -0.114. The SMILES string of the molecule is CC(=O)Nc1cccc(-n2c(C)nn(CC(O)COc3ccc(Br)cc3)c2=S)c1. The molecule has 0 fully saturated rings. The Bertz CT molecular complexity index is 1060. The van der Waals surface area contributed by atoms with Crippen molar-refractivity contribution in [2.75, 3.05) is 11.9 Å². The van der Waals surface area contributed by atoms with Crippen molar-refractivity contribution >= 4 is 39.7 Å². The minimum atomic E-state index is -0.779. The summed E-state index contributed by atoms with van der Waals surface area (Å²) < 4.78 is 10.4. The number of aryl methyl sites for hydroxylation is 1. The van der Waals surface area contributed by atoms with Crippen molar-refractivity contribution in [1.29, 1.82) is 0 Å². The highest BCUT2D eigenvalue weighted by molar-refractivity contribution is 9.10. The summed E-state index contributed by atoms with van der Waals surface area (Å²) in [6.07, 6.45) is -0.779. The lowest BCUT2D eigenvalue weighted by Gasteiger charge is -2.12. The summed E-state index contributed by atoms with van der Waals surface area (Å²) in [6.45, 7) is 3.61. The highest BCUT2D eigenvalue weighted by Gasteiger charge is 2.14. The molecule has 1 unspecified atom stereocenters. The van der Waals surface area contributed by atoms with Crippen molar-refractivity contribution in [3.63, 3.8) is 0 Å². The molecule has 7 nitrogen and oxygen atoms in total. The zero-order valence-corrected chi connectivity index (χ0v) is 18.4. The number of ether oxygens (including phenoxy) is 1. The fourth-order valence-electron chi connectivity index (χ4n) is 2.83. The Morgan fingerprint density at radius 1 is 1.31 bits per heavy atom. The fraction of sp³-hybridized carbons (Fsp3) is 0.250. The third kappa shape index (κ3) is 5.53. The number of carbonyl (C=O) groups is 1. The zero-order chi connectivity index (χ0) is 21.0. The average Bonchev–Trinajstić information content (AvgIpc) is 2.94. The molecule has 0 saturated carbocycles. The topological polar surface area (TPSA) is 81.3 Å². The Hall–Kier alpha value is -2.49. The summed E-state index contributed by atoms with van der Waals surface area (Å²) in [6, 6.07) is 14.7. The summed E-state index contributed by atoms with van der Waals surface area (Å²) >= 11 is 8.93. The van der Waals surface area contributed by atoms with Crippen LogP contribution in [0.2, 0.25) is 0 Å². The van der Waals surface area contributed by atoms with Crippen LogP contribution in [0.25, 0.3) is 5.69 Å². The average molecular weight is 477 g/mol. The van der Waals surface area contributed by atoms with Gasteiger partial charge in [-0.3, -0.25) is 9.36 Å². The maximum Gasteiger partial charge on any atom is 0.221 e. The highest BCUT2D eigenvalue weighted by Crippen LogP contribution is 2.18. The van der Waals surface area contributed by atoms with Crippen LogP contribution in [0.4, 0.5) is 5.69 Å². The molecule has 0 aliphatic carbocycles. The first-order valence-electron chi connectivity index (χ1n) is 8.94. The molecule has 1 amide bonds. The van der Waals surface area contributed by atoms with Gasteiger partial charge in [-0.1, -0.05) is 22.0 Å². The molecule has 152 valence electrons. The quantitative estimate of drug-likeness (QED) is 0.505. The molecule has 0 aliphatic rings. The van der Waals surface area contributed by atoms with E-state index >= 15 is 0 Å². The molecule has 2 N–H and O–H groups in total. The number of aromatic nitrogens is 3. The standard InChI is InChI=1S/C20H21BrN4O3S/c1-13-23-24(11-18(27)12-28-19-8-6-15(21)7-9-19)20(29)25(13)17-5-3-4-16(10-17)22-14(2)26/h3-10,18,27H,11-12H2,1-2H3,(H,22,26). The van der Waals surface area contributed by atoms with Crippen LogP contribution in [0.3, 0.4) is 0 Å². The molecule has 0 aliphatic heterocycles. The first-order chi connectivity index (χ1) is 13.8. The fourth-order valence-corrected chi connectivity index (χ4v) is 3.45. The first kappa shape index (κ1) is 21.2. The molecule has 2 aromatic carbocycles. The van der Waals surface area contributed by atoms with Crippen molar-refractivity contribution in [1.82, 2.24) is 14.3 Å². The predicted molar refractivity (Wildman–Crippen MR) is 117 cm³/mol. The highest BCUT2D eigenvalue weighted by atomic mass is 79.9. The summed E-state index contributed by atoms with van der Waals surface area (Å²) in [4.78, 5) is 11.3. The first-order valence-corrected chi connectivity index (χ1v) is 10.1. The minimum Gasteiger partial charge on any atom is -0.491 e. The largest absolute Gasteiger partial charge is 0.491 e. The van der Waals surface area contributed by atoms with Crippen molar-refractivity contribution in [3.05, 3.63) is 63.6 Å². The van der Waals surface area contributed by atoms with Gasteiger partial charge < -0.3 is 15.2 Å². The van der Waals surface area contributed by atoms with Gasteiger partial charge >= 0.3 is 0 Å². The number of rotatable bonds is 7. The third-order valence-corrected chi connectivity index (χ3v) is 4.99. The molecule has 1 atom stereocenters. The van der Waals surface area contributed by atoms with Gasteiger partial charge in [-0.05, 0) is 61.6 Å². The number of nitrogens with zero attached hydrogens (tertiary/aromatic N) is 3. The normalized spacial score (nSPS) is 11.9. The second-order valence-corrected chi connectivity index (χ2v) is 7.78. The number of aliphatic hydroxyl groups excluding tert-OH is 1. The molecule has 9 heteroatoms. The van der Waals surface area contributed by atoms with E-state index in [9.17, 15) is 9.90 Å². The number of benzene rings is 2. The lowest BCUT2D eigenvalue weighted by Crippen LogP contribution is -2.24. The van der Waals surface area contributed by atoms with Crippen LogP contribution >= 0.6 is 28.1 Å². The van der Waals surface area contributed by atoms with Crippen LogP contribution in [-0.2, 0) is 11.3 Å². The summed E-state index contributed by atoms with van der Waals surface area (Å²) in [5.41, 5.74) is 1.46. The molecule has 1 aromatic heterocycles. The van der Waals surface area contributed by atoms with Crippen molar-refractivity contribution < 1.29 is 14.6 Å². The maximum atomic E-state index is 11.3. The number of carbonyl (C=O) groups excluding carboxylic acids is 1. The van der Waals surface area contributed by atoms with E-state index in [0.29, 0.717) is 22.0 Å². The number of amides is 1. The van der Waals surface area contributed by atoms with Gasteiger partial charge in [0, 0.05) is 17.1 Å². The Labute approximate surface area is 182 Å². The van der Waals surface area contributed by atoms with Crippen LogP contribution in [0.5, 0.6) is 5.75 Å². The zero-order valence-electron chi connectivity index (χ0n) is 16.0. The van der Waals surface area contributed by atoms with Gasteiger partial charge in [-0.15, -0.1) is 0 Å². The van der Waals surface area contributed by atoms with Gasteiger partial charge in [0.15, 0.2) is 0 Å². The molecule has 0 radical (unpaired) electrons. The van der Waals surface area contributed by atoms with Crippen LogP contribution < -0.4 is 10.1 Å². The van der Waals surface area contributed by atoms with Crippen LogP contribution in [0.15, 0.2) is 53.0 Å². The third-order valence-electron chi connectivity index (χ3n) is 4.07. The number of nitrogens with one attached hydrogen (secondary N) is 1. The van der Waals surface area contributed by atoms with E-state index in [1.807, 2.05) is 49.4 Å². The van der Waals surface area contributed by atoms with E-state index < -0.39 is 6.10 Å². The van der Waals surface area contributed by atoms with E-state index in [4.69, 9.17) is 17.0 Å². The van der Waals surface area contributed by atoms with E-state index in [0.717, 1.165) is 10.2 Å². The molecule has 0 saturated heterocycles. The molecular formula is C20H21BrN4O3S. The van der Waals surface area contributed by atoms with Gasteiger partial charge in [0.2, 0.25) is 10.7 Å². The van der Waals surface area contributed by atoms with Gasteiger partial charge in [-0.2, -0.15) is 5.10 Å². The molecule has 0 bridgehead atoms. The van der Waals surface area contributed by atoms with Gasteiger partial charge in [0.05, 0.1) is 12.2 Å². The summed E-state index contributed by atoms with van der Waals surface area (Å²) in [5.74, 6) is 1.20. The summed E-state index contributed by atoms with van der Waals surface area (Å²) in [5, 5.41) is 17.6. The van der Waals surface area contributed by atoms with E-state index in [-0.39, 0.29) is 19.1 Å². The number of hydrogen-bond acceptors (Lipinski definition) is 5. The van der Waals surface area contributed by atoms with Crippen molar-refractivity contribution in [2.24, 2.45) is 0 Å². The number of halogens is 1. The van der Waals surface area contributed by atoms with Gasteiger partial charge in [-0.25, -0.2) is 4.68 Å². The summed E-state index contributed by atoms with van der Waals surface area (Å²) in [7, 11) is 0. The number of aliphatic hydroxyl groups is 1. The second kappa shape index (κ2) is 9.34. The van der Waals surface area contributed by atoms with Crippen molar-refractivity contribution in [3.8, 4) is 11.4 Å². The lowest BCUT2D eigenvalue weighted by atomic mass is 10.2. The minimum absolute atomic E-state index is 0.118. The van der Waals surface area contributed by atoms with Gasteiger partial charge in [0.1, 0.15) is 24.3 Å². The molecular weight excluding hydrogens is 456 g/mol. The predicted octanol–water partition coefficient (Wildman–Crippen LogP) is 3.87. The monoisotopic (exact) mass is 476 g/mol. The Morgan fingerprint density at radius 3 is 2.72 bits per heavy atom. The van der Waals surface area contributed by atoms with E-state index in [1.165, 1.54) is 6.92 Å². The molecule has 1 heterocycles. The Balaban J connectivity index is 1.73. The molecule has 29 heavy (non-hydrogen) atoms.